The van der Waals surface area contributed by atoms with Crippen molar-refractivity contribution in [3.05, 3.63) is 75.5 Å². The molecule has 0 spiro atoms. The van der Waals surface area contributed by atoms with Crippen LogP contribution in [0.1, 0.15) is 17.2 Å². The molecule has 6 nitrogen and oxygen atoms in total. The first-order valence-electron chi connectivity index (χ1n) is 10.2. The highest BCUT2D eigenvalue weighted by atomic mass is 79.9. The Morgan fingerprint density at radius 1 is 1.13 bits per heavy atom. The molecule has 1 atom stereocenters. The topological polar surface area (TPSA) is 74.1 Å². The van der Waals surface area contributed by atoms with Gasteiger partial charge >= 0.3 is 0 Å². The fraction of sp³-hybridized carbons (Fsp3) is 0.304. The second-order valence-corrected chi connectivity index (χ2v) is 8.53. The maximum absolute atomic E-state index is 14.8. The van der Waals surface area contributed by atoms with E-state index in [0.29, 0.717) is 19.8 Å². The van der Waals surface area contributed by atoms with Gasteiger partial charge in [-0.2, -0.15) is 0 Å². The summed E-state index contributed by atoms with van der Waals surface area (Å²) in [5.74, 6) is -2.74. The van der Waals surface area contributed by atoms with E-state index < -0.39 is 29.3 Å². The molecule has 2 aliphatic heterocycles. The van der Waals surface area contributed by atoms with Gasteiger partial charge < -0.3 is 19.6 Å². The fourth-order valence-electron chi connectivity index (χ4n) is 4.07. The number of amides is 1. The van der Waals surface area contributed by atoms with Gasteiger partial charge in [-0.25, -0.2) is 4.39 Å². The molecule has 0 aromatic heterocycles. The zero-order valence-electron chi connectivity index (χ0n) is 16.8. The second kappa shape index (κ2) is 9.30. The molecule has 0 bridgehead atoms. The van der Waals surface area contributed by atoms with Crippen LogP contribution in [0.4, 0.5) is 4.39 Å². The van der Waals surface area contributed by atoms with Crippen molar-refractivity contribution < 1.29 is 28.7 Å². The number of nitrogens with one attached hydrogen (secondary N) is 1. The van der Waals surface area contributed by atoms with E-state index in [0.717, 1.165) is 17.6 Å². The van der Waals surface area contributed by atoms with Crippen LogP contribution in [0.15, 0.2) is 58.6 Å². The molecule has 1 N–H and O–H groups in total. The van der Waals surface area contributed by atoms with Crippen LogP contribution < -0.4 is 10.0 Å². The first-order chi connectivity index (χ1) is 15.0. The van der Waals surface area contributed by atoms with Gasteiger partial charge in [0.15, 0.2) is 0 Å². The maximum atomic E-state index is 14.8. The Kier molecular flexibility index (Phi) is 6.50. The first kappa shape index (κ1) is 21.7. The lowest BCUT2D eigenvalue weighted by Gasteiger charge is -2.30. The third-order valence-electron chi connectivity index (χ3n) is 5.74. The van der Waals surface area contributed by atoms with Crippen LogP contribution >= 0.6 is 15.9 Å². The van der Waals surface area contributed by atoms with E-state index >= 15 is 0 Å². The Hall–Kier alpha value is -2.55. The Bertz CT molecular complexity index is 1020. The molecular weight excluding hydrogens is 467 g/mol. The zero-order chi connectivity index (χ0) is 22.0. The normalized spacial score (nSPS) is 21.6. The average Bonchev–Trinajstić information content (AvgIpc) is 3.03. The predicted octanol–water partition coefficient (Wildman–Crippen LogP) is 0.727. The number of rotatable bonds is 5. The average molecular weight is 489 g/mol. The van der Waals surface area contributed by atoms with Crippen molar-refractivity contribution in [2.45, 2.75) is 6.04 Å². The number of benzene rings is 2. The molecule has 2 aliphatic rings. The van der Waals surface area contributed by atoms with E-state index in [2.05, 4.69) is 15.9 Å². The quantitative estimate of drug-likeness (QED) is 0.382. The summed E-state index contributed by atoms with van der Waals surface area (Å²) in [6.07, 6.45) is 0. The molecule has 2 saturated heterocycles. The van der Waals surface area contributed by atoms with E-state index in [9.17, 15) is 19.1 Å². The van der Waals surface area contributed by atoms with Gasteiger partial charge in [-0.1, -0.05) is 52.0 Å². The highest BCUT2D eigenvalue weighted by molar-refractivity contribution is 9.10. The lowest BCUT2D eigenvalue weighted by Crippen LogP contribution is -3.14. The van der Waals surface area contributed by atoms with Crippen molar-refractivity contribution in [3.8, 4) is 0 Å². The molecule has 0 radical (unpaired) electrons. The molecule has 1 amide bonds. The maximum Gasteiger partial charge on any atom is 0.295 e. The summed E-state index contributed by atoms with van der Waals surface area (Å²) in [7, 11) is 0. The molecule has 1 unspecified atom stereocenters. The third kappa shape index (κ3) is 4.42. The minimum Gasteiger partial charge on any atom is -0.872 e. The number of likely N-dealkylation sites (tertiary alicyclic amines) is 1. The van der Waals surface area contributed by atoms with Crippen LogP contribution in [0.5, 0.6) is 0 Å². The van der Waals surface area contributed by atoms with Crippen molar-refractivity contribution in [2.75, 3.05) is 39.4 Å². The molecule has 0 saturated carbocycles. The van der Waals surface area contributed by atoms with E-state index in [-0.39, 0.29) is 23.2 Å². The molecular formula is C23H22BrFN2O4. The molecule has 2 aromatic rings. The number of nitrogens with zero attached hydrogens (tertiary/aromatic N) is 1. The minimum atomic E-state index is -1.04. The van der Waals surface area contributed by atoms with Crippen molar-refractivity contribution in [3.63, 3.8) is 0 Å². The summed E-state index contributed by atoms with van der Waals surface area (Å²) >= 11 is 3.32. The SMILES string of the molecule is O=C1C(=O)N(CC[NH+]2CCOCC2)C(c2ccccc2F)C1=C([O-])c1ccc(Br)cc1. The van der Waals surface area contributed by atoms with Gasteiger partial charge in [0.2, 0.25) is 5.78 Å². The van der Waals surface area contributed by atoms with Crippen LogP contribution in [-0.2, 0) is 14.3 Å². The Labute approximate surface area is 188 Å². The number of quaternary nitrogens is 1. The first-order valence-corrected chi connectivity index (χ1v) is 10.9. The molecule has 2 aromatic carbocycles. The van der Waals surface area contributed by atoms with Gasteiger partial charge in [0, 0.05) is 15.6 Å². The number of ketones is 1. The van der Waals surface area contributed by atoms with Gasteiger partial charge in [-0.15, -0.1) is 0 Å². The number of hydrogen-bond acceptors (Lipinski definition) is 4. The molecule has 4 rings (SSSR count). The largest absolute Gasteiger partial charge is 0.872 e. The lowest BCUT2D eigenvalue weighted by molar-refractivity contribution is -0.907. The molecule has 8 heteroatoms. The monoisotopic (exact) mass is 488 g/mol. The highest BCUT2D eigenvalue weighted by Crippen LogP contribution is 2.39. The number of Topliss-reactive ketones (excluding diaryl/α,β-unsaturated/α-hetero) is 1. The number of ether oxygens (including phenoxy) is 1. The van der Waals surface area contributed by atoms with Gasteiger partial charge in [0.05, 0.1) is 32.3 Å². The molecule has 2 heterocycles. The Morgan fingerprint density at radius 2 is 1.81 bits per heavy atom. The van der Waals surface area contributed by atoms with Gasteiger partial charge in [-0.3, -0.25) is 9.59 Å². The Balaban J connectivity index is 1.75. The summed E-state index contributed by atoms with van der Waals surface area (Å²) in [5, 5.41) is 13.3. The summed E-state index contributed by atoms with van der Waals surface area (Å²) < 4.78 is 20.9. The number of carbonyl (C=O) groups is 2. The predicted molar refractivity (Wildman–Crippen MR) is 113 cm³/mol. The van der Waals surface area contributed by atoms with E-state index in [1.807, 2.05) is 0 Å². The number of halogens is 2. The van der Waals surface area contributed by atoms with Gasteiger partial charge in [0.1, 0.15) is 18.9 Å². The van der Waals surface area contributed by atoms with E-state index in [4.69, 9.17) is 4.74 Å². The smallest absolute Gasteiger partial charge is 0.295 e. The number of morpholine rings is 1. The third-order valence-corrected chi connectivity index (χ3v) is 6.27. The molecule has 2 fully saturated rings. The fourth-order valence-corrected chi connectivity index (χ4v) is 4.33. The standard InChI is InChI=1S/C23H22BrFN2O4/c24-16-7-5-15(6-8-16)21(28)19-20(17-3-1-2-4-18(17)25)27(23(30)22(19)29)10-9-26-11-13-31-14-12-26/h1-8,20,28H,9-14H2. The van der Waals surface area contributed by atoms with Crippen molar-refractivity contribution in [1.82, 2.24) is 4.90 Å². The van der Waals surface area contributed by atoms with Crippen molar-refractivity contribution in [2.24, 2.45) is 0 Å². The van der Waals surface area contributed by atoms with Crippen molar-refractivity contribution in [1.29, 1.82) is 0 Å². The van der Waals surface area contributed by atoms with Crippen LogP contribution in [-0.4, -0.2) is 56.0 Å². The van der Waals surface area contributed by atoms with Crippen molar-refractivity contribution >= 4 is 33.4 Å². The number of hydrogen-bond donors (Lipinski definition) is 1. The highest BCUT2D eigenvalue weighted by Gasteiger charge is 2.45. The summed E-state index contributed by atoms with van der Waals surface area (Å²) in [5.41, 5.74) is 0.231. The zero-order valence-corrected chi connectivity index (χ0v) is 18.4. The summed E-state index contributed by atoms with van der Waals surface area (Å²) in [6.45, 7) is 3.71. The lowest BCUT2D eigenvalue weighted by atomic mass is 9.95. The van der Waals surface area contributed by atoms with Crippen LogP contribution in [0.25, 0.3) is 5.76 Å². The Morgan fingerprint density at radius 3 is 2.48 bits per heavy atom. The summed E-state index contributed by atoms with van der Waals surface area (Å²) in [6, 6.07) is 11.5. The second-order valence-electron chi connectivity index (χ2n) is 7.61. The van der Waals surface area contributed by atoms with Crippen LogP contribution in [0.2, 0.25) is 0 Å². The number of carbonyl (C=O) groups excluding carboxylic acids is 2. The van der Waals surface area contributed by atoms with Gasteiger partial charge in [0.25, 0.3) is 5.91 Å². The van der Waals surface area contributed by atoms with Gasteiger partial charge in [-0.05, 0) is 23.8 Å². The van der Waals surface area contributed by atoms with E-state index in [1.165, 1.54) is 28.0 Å². The van der Waals surface area contributed by atoms with Crippen LogP contribution in [0, 0.1) is 5.82 Å². The summed E-state index contributed by atoms with van der Waals surface area (Å²) in [4.78, 5) is 28.4. The molecule has 0 aliphatic carbocycles. The van der Waals surface area contributed by atoms with Crippen LogP contribution in [0.3, 0.4) is 0 Å². The van der Waals surface area contributed by atoms with E-state index in [1.54, 1.807) is 30.3 Å². The minimum absolute atomic E-state index is 0.152. The molecule has 162 valence electrons. The molecule has 31 heavy (non-hydrogen) atoms.